The summed E-state index contributed by atoms with van der Waals surface area (Å²) < 4.78 is 5.25. The zero-order valence-electron chi connectivity index (χ0n) is 11.9. The number of rotatable bonds is 2. The lowest BCUT2D eigenvalue weighted by Crippen LogP contribution is -2.24. The van der Waals surface area contributed by atoms with Crippen molar-refractivity contribution >= 4 is 28.6 Å². The van der Waals surface area contributed by atoms with E-state index in [1.807, 2.05) is 0 Å². The number of nitrogens with one attached hydrogen (secondary N) is 2. The van der Waals surface area contributed by atoms with Crippen LogP contribution >= 0.6 is 0 Å². The molecule has 0 aliphatic heterocycles. The summed E-state index contributed by atoms with van der Waals surface area (Å²) in [5.41, 5.74) is 1.37. The summed E-state index contributed by atoms with van der Waals surface area (Å²) in [6.45, 7) is 6.82. The van der Waals surface area contributed by atoms with Crippen LogP contribution in [-0.4, -0.2) is 27.4 Å². The van der Waals surface area contributed by atoms with Gasteiger partial charge < -0.3 is 15.0 Å². The van der Waals surface area contributed by atoms with E-state index in [0.29, 0.717) is 16.7 Å². The van der Waals surface area contributed by atoms with Crippen LogP contribution in [0.5, 0.6) is 0 Å². The third-order valence-corrected chi connectivity index (χ3v) is 2.39. The summed E-state index contributed by atoms with van der Waals surface area (Å²) >= 11 is 0. The number of fused-ring (bicyclic) bond motifs is 1. The molecule has 106 valence electrons. The molecule has 0 unspecified atom stereocenters. The number of anilines is 1. The number of hydrogen-bond donors (Lipinski definition) is 2. The molecule has 0 saturated carbocycles. The molecule has 1 aromatic heterocycles. The minimum atomic E-state index is -0.572. The van der Waals surface area contributed by atoms with Gasteiger partial charge in [-0.05, 0) is 39.0 Å². The molecular weight excluding hydrogens is 258 g/mol. The maximum Gasteiger partial charge on any atom is 0.374 e. The molecule has 0 saturated heterocycles. The summed E-state index contributed by atoms with van der Waals surface area (Å²) in [4.78, 5) is 30.0. The number of benzene rings is 1. The number of esters is 1. The van der Waals surface area contributed by atoms with Crippen LogP contribution < -0.4 is 5.32 Å². The topological polar surface area (TPSA) is 84.1 Å². The highest BCUT2D eigenvalue weighted by Crippen LogP contribution is 2.18. The van der Waals surface area contributed by atoms with Crippen molar-refractivity contribution in [3.8, 4) is 0 Å². The van der Waals surface area contributed by atoms with Gasteiger partial charge in [-0.1, -0.05) is 0 Å². The van der Waals surface area contributed by atoms with Gasteiger partial charge >= 0.3 is 5.97 Å². The molecule has 0 atom stereocenters. The van der Waals surface area contributed by atoms with Crippen molar-refractivity contribution in [2.24, 2.45) is 0 Å². The molecular formula is C14H17N3O3. The fourth-order valence-electron chi connectivity index (χ4n) is 1.71. The standard InChI is InChI=1S/C14H17N3O3/c1-8(18)15-9-5-6-10-11(7-9)17-12(16-10)13(19)20-14(2,3)4/h5-7H,1-4H3,(H,15,18)(H,16,17). The van der Waals surface area contributed by atoms with Crippen LogP contribution in [-0.2, 0) is 9.53 Å². The fraction of sp³-hybridized carbons (Fsp3) is 0.357. The molecule has 0 fully saturated rings. The van der Waals surface area contributed by atoms with Crippen molar-refractivity contribution < 1.29 is 14.3 Å². The first-order valence-corrected chi connectivity index (χ1v) is 6.25. The Hall–Kier alpha value is -2.37. The van der Waals surface area contributed by atoms with Crippen LogP contribution in [0.2, 0.25) is 0 Å². The summed E-state index contributed by atoms with van der Waals surface area (Å²) in [6, 6.07) is 5.17. The predicted molar refractivity (Wildman–Crippen MR) is 75.6 cm³/mol. The van der Waals surface area contributed by atoms with Gasteiger partial charge in [0.25, 0.3) is 0 Å². The summed E-state index contributed by atoms with van der Waals surface area (Å²) in [5, 5.41) is 2.67. The van der Waals surface area contributed by atoms with E-state index in [2.05, 4.69) is 15.3 Å². The van der Waals surface area contributed by atoms with Gasteiger partial charge in [0.1, 0.15) is 5.60 Å². The number of ether oxygens (including phenoxy) is 1. The number of carbonyl (C=O) groups is 2. The van der Waals surface area contributed by atoms with E-state index in [0.717, 1.165) is 0 Å². The van der Waals surface area contributed by atoms with Gasteiger partial charge in [0.15, 0.2) is 0 Å². The van der Waals surface area contributed by atoms with Gasteiger partial charge in [0.05, 0.1) is 11.0 Å². The van der Waals surface area contributed by atoms with E-state index in [9.17, 15) is 9.59 Å². The zero-order valence-corrected chi connectivity index (χ0v) is 11.9. The van der Waals surface area contributed by atoms with Crippen LogP contribution in [0.1, 0.15) is 38.3 Å². The van der Waals surface area contributed by atoms with Crippen molar-refractivity contribution in [2.45, 2.75) is 33.3 Å². The monoisotopic (exact) mass is 275 g/mol. The fourth-order valence-corrected chi connectivity index (χ4v) is 1.71. The summed E-state index contributed by atoms with van der Waals surface area (Å²) in [7, 11) is 0. The van der Waals surface area contributed by atoms with Gasteiger partial charge in [-0.2, -0.15) is 0 Å². The summed E-state index contributed by atoms with van der Waals surface area (Å²) in [5.74, 6) is -0.513. The van der Waals surface area contributed by atoms with Crippen molar-refractivity contribution in [3.05, 3.63) is 24.0 Å². The lowest BCUT2D eigenvalue weighted by molar-refractivity contribution is -0.114. The van der Waals surface area contributed by atoms with Crippen LogP contribution in [0.3, 0.4) is 0 Å². The van der Waals surface area contributed by atoms with Crippen molar-refractivity contribution in [1.82, 2.24) is 9.97 Å². The quantitative estimate of drug-likeness (QED) is 0.825. The number of carbonyl (C=O) groups excluding carboxylic acids is 2. The zero-order chi connectivity index (χ0) is 14.9. The Bertz CT molecular complexity index is 668. The van der Waals surface area contributed by atoms with E-state index in [4.69, 9.17) is 4.74 Å². The van der Waals surface area contributed by atoms with E-state index >= 15 is 0 Å². The Balaban J connectivity index is 2.29. The van der Waals surface area contributed by atoms with Crippen LogP contribution in [0, 0.1) is 0 Å². The number of aromatic nitrogens is 2. The molecule has 6 nitrogen and oxygen atoms in total. The number of imidazole rings is 1. The number of amides is 1. The van der Waals surface area contributed by atoms with Gasteiger partial charge in [0, 0.05) is 12.6 Å². The second kappa shape index (κ2) is 4.96. The SMILES string of the molecule is CC(=O)Nc1ccc2nc(C(=O)OC(C)(C)C)[nH]c2c1. The number of hydrogen-bond acceptors (Lipinski definition) is 4. The molecule has 0 bridgehead atoms. The molecule has 0 spiro atoms. The van der Waals surface area contributed by atoms with E-state index in [1.165, 1.54) is 6.92 Å². The van der Waals surface area contributed by atoms with Crippen LogP contribution in [0.4, 0.5) is 5.69 Å². The highest BCUT2D eigenvalue weighted by molar-refractivity contribution is 5.94. The van der Waals surface area contributed by atoms with Gasteiger partial charge in [-0.3, -0.25) is 4.79 Å². The molecule has 2 aromatic rings. The molecule has 1 aromatic carbocycles. The maximum atomic E-state index is 11.9. The van der Waals surface area contributed by atoms with Gasteiger partial charge in [0.2, 0.25) is 11.7 Å². The van der Waals surface area contributed by atoms with Gasteiger partial charge in [-0.15, -0.1) is 0 Å². The Morgan fingerprint density at radius 3 is 2.60 bits per heavy atom. The maximum absolute atomic E-state index is 11.9. The van der Waals surface area contributed by atoms with Crippen molar-refractivity contribution in [1.29, 1.82) is 0 Å². The van der Waals surface area contributed by atoms with E-state index < -0.39 is 11.6 Å². The minimum Gasteiger partial charge on any atom is -0.454 e. The number of H-pyrrole nitrogens is 1. The third kappa shape index (κ3) is 3.34. The Kier molecular flexibility index (Phi) is 3.48. The first-order valence-electron chi connectivity index (χ1n) is 6.25. The minimum absolute atomic E-state index is 0.148. The van der Waals surface area contributed by atoms with Crippen molar-refractivity contribution in [2.75, 3.05) is 5.32 Å². The Morgan fingerprint density at radius 1 is 1.30 bits per heavy atom. The van der Waals surface area contributed by atoms with Crippen molar-refractivity contribution in [3.63, 3.8) is 0 Å². The molecule has 1 amide bonds. The van der Waals surface area contributed by atoms with Gasteiger partial charge in [-0.25, -0.2) is 9.78 Å². The van der Waals surface area contributed by atoms with E-state index in [-0.39, 0.29) is 11.7 Å². The second-order valence-electron chi connectivity index (χ2n) is 5.50. The smallest absolute Gasteiger partial charge is 0.374 e. The molecule has 0 aliphatic carbocycles. The van der Waals surface area contributed by atoms with Crippen LogP contribution in [0.25, 0.3) is 11.0 Å². The molecule has 2 rings (SSSR count). The average Bonchev–Trinajstić information content (AvgIpc) is 2.68. The first kappa shape index (κ1) is 14.0. The Morgan fingerprint density at radius 2 is 2.00 bits per heavy atom. The molecule has 20 heavy (non-hydrogen) atoms. The predicted octanol–water partition coefficient (Wildman–Crippen LogP) is 2.48. The normalized spacial score (nSPS) is 11.4. The second-order valence-corrected chi connectivity index (χ2v) is 5.50. The molecule has 1 heterocycles. The summed E-state index contributed by atoms with van der Waals surface area (Å²) in [6.07, 6.45) is 0. The largest absolute Gasteiger partial charge is 0.454 e. The number of nitrogens with zero attached hydrogens (tertiary/aromatic N) is 1. The molecule has 0 aliphatic rings. The highest BCUT2D eigenvalue weighted by Gasteiger charge is 2.20. The molecule has 2 N–H and O–H groups in total. The molecule has 0 radical (unpaired) electrons. The lowest BCUT2D eigenvalue weighted by atomic mass is 10.2. The average molecular weight is 275 g/mol. The first-order chi connectivity index (χ1) is 9.24. The number of aromatic amines is 1. The van der Waals surface area contributed by atoms with Crippen LogP contribution in [0.15, 0.2) is 18.2 Å². The molecule has 6 heteroatoms. The lowest BCUT2D eigenvalue weighted by Gasteiger charge is -2.18. The third-order valence-electron chi connectivity index (χ3n) is 2.39. The Labute approximate surface area is 116 Å². The van der Waals surface area contributed by atoms with E-state index in [1.54, 1.807) is 39.0 Å². The highest BCUT2D eigenvalue weighted by atomic mass is 16.6.